The van der Waals surface area contributed by atoms with E-state index in [2.05, 4.69) is 17.9 Å². The Morgan fingerprint density at radius 2 is 2.20 bits per heavy atom. The van der Waals surface area contributed by atoms with E-state index in [0.29, 0.717) is 5.75 Å². The van der Waals surface area contributed by atoms with Gasteiger partial charge in [-0.2, -0.15) is 12.6 Å². The Morgan fingerprint density at radius 1 is 1.70 bits per heavy atom. The minimum Gasteiger partial charge on any atom is -0.345 e. The zero-order valence-electron chi connectivity index (χ0n) is 5.43. The molecule has 3 nitrogen and oxygen atoms in total. The van der Waals surface area contributed by atoms with Gasteiger partial charge in [0.2, 0.25) is 9.70 Å². The predicted molar refractivity (Wildman–Crippen MR) is 50.5 cm³/mol. The van der Waals surface area contributed by atoms with E-state index in [-0.39, 0.29) is 9.70 Å². The first-order chi connectivity index (χ1) is 4.57. The largest absolute Gasteiger partial charge is 0.345 e. The van der Waals surface area contributed by atoms with Gasteiger partial charge in [0.15, 0.2) is 0 Å². The van der Waals surface area contributed by atoms with Crippen molar-refractivity contribution in [3.8, 4) is 0 Å². The minimum atomic E-state index is -0.443. The minimum absolute atomic E-state index is 0.0946. The number of nitrogens with one attached hydrogen (secondary N) is 1. The predicted octanol–water partition coefficient (Wildman–Crippen LogP) is 0.383. The van der Waals surface area contributed by atoms with Crippen molar-refractivity contribution in [1.29, 1.82) is 0 Å². The van der Waals surface area contributed by atoms with E-state index in [0.717, 1.165) is 0 Å². The first kappa shape index (κ1) is 10.2. The molecule has 1 atom stereocenters. The molecule has 0 unspecified atom stereocenters. The lowest BCUT2D eigenvalue weighted by Gasteiger charge is -2.08. The highest BCUT2D eigenvalue weighted by Gasteiger charge is 2.13. The number of hydrogen-bond acceptors (Lipinski definition) is 3. The zero-order chi connectivity index (χ0) is 8.15. The van der Waals surface area contributed by atoms with Gasteiger partial charge in [-0.3, -0.25) is 9.59 Å². The second-order valence-electron chi connectivity index (χ2n) is 1.74. The molecule has 10 heavy (non-hydrogen) atoms. The average Bonchev–Trinajstić information content (AvgIpc) is 1.81. The molecule has 0 aliphatic carbocycles. The summed E-state index contributed by atoms with van der Waals surface area (Å²) in [4.78, 5) is 21.1. The monoisotopic (exact) mass is 273 g/mol. The molecule has 0 fully saturated rings. The normalized spacial score (nSPS) is 12.3. The van der Waals surface area contributed by atoms with Gasteiger partial charge in [-0.25, -0.2) is 0 Å². The number of hydrogen-bond donors (Lipinski definition) is 2. The van der Waals surface area contributed by atoms with Gasteiger partial charge in [-0.1, -0.05) is 0 Å². The van der Waals surface area contributed by atoms with Crippen LogP contribution < -0.4 is 5.32 Å². The topological polar surface area (TPSA) is 46.2 Å². The third-order valence-electron chi connectivity index (χ3n) is 0.834. The fraction of sp³-hybridized carbons (Fsp3) is 0.600. The molecule has 0 aromatic rings. The van der Waals surface area contributed by atoms with Crippen molar-refractivity contribution in [2.24, 2.45) is 0 Å². The van der Waals surface area contributed by atoms with Gasteiger partial charge < -0.3 is 5.32 Å². The van der Waals surface area contributed by atoms with Crippen LogP contribution in [0.2, 0.25) is 0 Å². The van der Waals surface area contributed by atoms with E-state index < -0.39 is 6.04 Å². The summed E-state index contributed by atoms with van der Waals surface area (Å²) in [5.41, 5.74) is 0. The molecule has 0 spiro atoms. The molecule has 0 radical (unpaired) electrons. The number of thiol groups is 1. The average molecular weight is 273 g/mol. The summed E-state index contributed by atoms with van der Waals surface area (Å²) in [5, 5.41) is 2.46. The Hall–Kier alpha value is 0.220. The fourth-order valence-corrected chi connectivity index (χ4v) is 1.40. The maximum Gasteiger partial charge on any atom is 0.217 e. The summed E-state index contributed by atoms with van der Waals surface area (Å²) in [5.74, 6) is 0.144. The fourth-order valence-electron chi connectivity index (χ4n) is 0.420. The van der Waals surface area contributed by atoms with Gasteiger partial charge in [0.05, 0.1) is 0 Å². The highest BCUT2D eigenvalue weighted by atomic mass is 127. The van der Waals surface area contributed by atoms with Crippen molar-refractivity contribution in [2.75, 3.05) is 5.75 Å². The van der Waals surface area contributed by atoms with Gasteiger partial charge in [-0.05, 0) is 0 Å². The molecule has 0 aliphatic rings. The first-order valence-corrected chi connectivity index (χ1v) is 4.36. The molecule has 0 aliphatic heterocycles. The molecule has 0 bridgehead atoms. The molecule has 1 amide bonds. The summed E-state index contributed by atoms with van der Waals surface area (Å²) in [6, 6.07) is -0.443. The standard InChI is InChI=1S/C5H8INO2S/c1-3(8)7-4(2-10)5(6)9/h4,10H,2H2,1H3,(H,7,8)/t4-/m0/s1. The van der Waals surface area contributed by atoms with Gasteiger partial charge in [0.1, 0.15) is 6.04 Å². The Balaban J connectivity index is 3.83. The quantitative estimate of drug-likeness (QED) is 0.444. The maximum absolute atomic E-state index is 10.6. The molecule has 0 aromatic heterocycles. The van der Waals surface area contributed by atoms with Crippen LogP contribution in [-0.4, -0.2) is 21.5 Å². The smallest absolute Gasteiger partial charge is 0.217 e. The lowest BCUT2D eigenvalue weighted by Crippen LogP contribution is -2.38. The Morgan fingerprint density at radius 3 is 2.30 bits per heavy atom. The van der Waals surface area contributed by atoms with Crippen LogP contribution in [0.3, 0.4) is 0 Å². The second kappa shape index (κ2) is 4.95. The Labute approximate surface area is 78.5 Å². The Bertz CT molecular complexity index is 151. The van der Waals surface area contributed by atoms with Crippen molar-refractivity contribution < 1.29 is 9.59 Å². The number of carbonyl (C=O) groups excluding carboxylic acids is 2. The van der Waals surface area contributed by atoms with Crippen molar-refractivity contribution in [3.63, 3.8) is 0 Å². The van der Waals surface area contributed by atoms with Crippen LogP contribution in [0.5, 0.6) is 0 Å². The Kier molecular flexibility index (Phi) is 5.06. The van der Waals surface area contributed by atoms with Gasteiger partial charge in [-0.15, -0.1) is 0 Å². The number of halogens is 1. The van der Waals surface area contributed by atoms with E-state index in [1.165, 1.54) is 6.92 Å². The lowest BCUT2D eigenvalue weighted by atomic mass is 10.4. The van der Waals surface area contributed by atoms with Crippen LogP contribution in [-0.2, 0) is 9.59 Å². The molecular weight excluding hydrogens is 265 g/mol. The van der Waals surface area contributed by atoms with Gasteiger partial charge in [0.25, 0.3) is 0 Å². The molecular formula is C5H8INO2S. The van der Waals surface area contributed by atoms with E-state index in [1.807, 2.05) is 0 Å². The van der Waals surface area contributed by atoms with Crippen LogP contribution in [0.1, 0.15) is 6.92 Å². The summed E-state index contributed by atoms with van der Waals surface area (Å²) >= 11 is 5.52. The van der Waals surface area contributed by atoms with Gasteiger partial charge >= 0.3 is 0 Å². The SMILES string of the molecule is CC(=O)N[C@@H](CS)C(=O)I. The third-order valence-corrected chi connectivity index (χ3v) is 1.95. The van der Waals surface area contributed by atoms with Crippen molar-refractivity contribution in [3.05, 3.63) is 0 Å². The summed E-state index contributed by atoms with van der Waals surface area (Å²) in [7, 11) is 0. The van der Waals surface area contributed by atoms with Crippen molar-refractivity contribution in [1.82, 2.24) is 5.32 Å². The number of amides is 1. The van der Waals surface area contributed by atoms with Crippen molar-refractivity contribution in [2.45, 2.75) is 13.0 Å². The second-order valence-corrected chi connectivity index (χ2v) is 3.17. The van der Waals surface area contributed by atoms with Crippen LogP contribution >= 0.6 is 35.2 Å². The molecule has 0 rings (SSSR count). The van der Waals surface area contributed by atoms with Gasteiger partial charge in [0, 0.05) is 35.3 Å². The van der Waals surface area contributed by atoms with Crippen LogP contribution in [0.15, 0.2) is 0 Å². The number of rotatable bonds is 3. The van der Waals surface area contributed by atoms with Crippen LogP contribution in [0.4, 0.5) is 0 Å². The molecule has 0 heterocycles. The van der Waals surface area contributed by atoms with E-state index in [1.54, 1.807) is 22.6 Å². The van der Waals surface area contributed by atoms with E-state index in [4.69, 9.17) is 0 Å². The molecule has 58 valence electrons. The maximum atomic E-state index is 10.6. The molecule has 1 N–H and O–H groups in total. The summed E-state index contributed by atoms with van der Waals surface area (Å²) in [6.07, 6.45) is 0. The number of carbonyl (C=O) groups is 2. The lowest BCUT2D eigenvalue weighted by molar-refractivity contribution is -0.122. The highest BCUT2D eigenvalue weighted by molar-refractivity contribution is 14.1. The highest BCUT2D eigenvalue weighted by Crippen LogP contribution is 1.96. The third kappa shape index (κ3) is 4.10. The summed E-state index contributed by atoms with van der Waals surface area (Å²) in [6.45, 7) is 1.37. The van der Waals surface area contributed by atoms with E-state index in [9.17, 15) is 9.59 Å². The molecule has 5 heteroatoms. The molecule has 0 saturated heterocycles. The van der Waals surface area contributed by atoms with Crippen LogP contribution in [0.25, 0.3) is 0 Å². The van der Waals surface area contributed by atoms with E-state index >= 15 is 0 Å². The van der Waals surface area contributed by atoms with Crippen molar-refractivity contribution >= 4 is 44.9 Å². The zero-order valence-corrected chi connectivity index (χ0v) is 8.48. The molecule has 0 aromatic carbocycles. The van der Waals surface area contributed by atoms with Crippen LogP contribution in [0, 0.1) is 0 Å². The first-order valence-electron chi connectivity index (χ1n) is 2.65. The molecule has 0 saturated carbocycles. The summed E-state index contributed by atoms with van der Waals surface area (Å²) < 4.78 is -0.0946.